The molecule has 1 saturated heterocycles. The van der Waals surface area contributed by atoms with Crippen LogP contribution in [0.25, 0.3) is 0 Å². The van der Waals surface area contributed by atoms with Gasteiger partial charge < -0.3 is 20.3 Å². The lowest BCUT2D eigenvalue weighted by atomic mass is 9.91. The first kappa shape index (κ1) is 14.0. The Morgan fingerprint density at radius 1 is 1.53 bits per heavy atom. The number of aromatic carboxylic acids is 1. The normalized spacial score (nSPS) is 18.0. The molecule has 7 heteroatoms. The first-order valence-corrected chi connectivity index (χ1v) is 6.30. The van der Waals surface area contributed by atoms with Gasteiger partial charge in [0, 0.05) is 19.4 Å². The molecule has 6 nitrogen and oxygen atoms in total. The molecule has 0 saturated carbocycles. The molecular formula is C12H15ClN2O4. The summed E-state index contributed by atoms with van der Waals surface area (Å²) in [6.45, 7) is 1.05. The lowest BCUT2D eigenvalue weighted by Crippen LogP contribution is -2.47. The van der Waals surface area contributed by atoms with Crippen LogP contribution in [-0.2, 0) is 4.74 Å². The van der Waals surface area contributed by atoms with Crippen LogP contribution in [0.15, 0.2) is 12.3 Å². The first-order valence-electron chi connectivity index (χ1n) is 5.92. The van der Waals surface area contributed by atoms with Gasteiger partial charge in [0.25, 0.3) is 0 Å². The van der Waals surface area contributed by atoms with E-state index in [0.29, 0.717) is 31.9 Å². The third-order valence-electron chi connectivity index (χ3n) is 3.22. The fraction of sp³-hybridized carbons (Fsp3) is 0.500. The van der Waals surface area contributed by atoms with Crippen molar-refractivity contribution in [2.45, 2.75) is 18.4 Å². The number of carbonyl (C=O) groups is 1. The molecule has 0 aromatic carbocycles. The summed E-state index contributed by atoms with van der Waals surface area (Å²) >= 11 is 6.01. The number of pyridine rings is 1. The fourth-order valence-electron chi connectivity index (χ4n) is 1.98. The monoisotopic (exact) mass is 286 g/mol. The van der Waals surface area contributed by atoms with Gasteiger partial charge in [0.1, 0.15) is 5.82 Å². The fourth-order valence-corrected chi connectivity index (χ4v) is 2.20. The maximum absolute atomic E-state index is 10.8. The maximum atomic E-state index is 10.8. The standard InChI is InChI=1S/C12H15ClN2O4/c13-9-5-8(11(17)18)6-14-10(9)15-12(7-16)1-3-19-4-2-12/h5-6,16H,1-4,7H2,(H,14,15)(H,17,18). The summed E-state index contributed by atoms with van der Waals surface area (Å²) in [5, 5.41) is 21.7. The number of halogens is 1. The Bertz CT molecular complexity index is 475. The minimum Gasteiger partial charge on any atom is -0.478 e. The summed E-state index contributed by atoms with van der Waals surface area (Å²) < 4.78 is 5.26. The number of aromatic nitrogens is 1. The molecule has 0 atom stereocenters. The molecule has 3 N–H and O–H groups in total. The number of aliphatic hydroxyl groups excluding tert-OH is 1. The molecule has 1 aromatic heterocycles. The Hall–Kier alpha value is -1.37. The summed E-state index contributed by atoms with van der Waals surface area (Å²) in [4.78, 5) is 14.8. The lowest BCUT2D eigenvalue weighted by molar-refractivity contribution is 0.0378. The highest BCUT2D eigenvalue weighted by Gasteiger charge is 2.32. The van der Waals surface area contributed by atoms with Crippen LogP contribution in [0.5, 0.6) is 0 Å². The van der Waals surface area contributed by atoms with Crippen molar-refractivity contribution in [2.75, 3.05) is 25.1 Å². The second kappa shape index (κ2) is 5.73. The number of anilines is 1. The number of ether oxygens (including phenoxy) is 1. The van der Waals surface area contributed by atoms with Gasteiger partial charge in [0.2, 0.25) is 0 Å². The van der Waals surface area contributed by atoms with E-state index in [1.54, 1.807) is 0 Å². The van der Waals surface area contributed by atoms with Gasteiger partial charge in [-0.1, -0.05) is 11.6 Å². The molecule has 2 heterocycles. The molecule has 1 aliphatic rings. The Kier molecular flexibility index (Phi) is 4.24. The van der Waals surface area contributed by atoms with Crippen LogP contribution in [0.4, 0.5) is 5.82 Å². The van der Waals surface area contributed by atoms with E-state index in [4.69, 9.17) is 21.4 Å². The highest BCUT2D eigenvalue weighted by Crippen LogP contribution is 2.28. The van der Waals surface area contributed by atoms with Crippen molar-refractivity contribution in [1.29, 1.82) is 0 Å². The molecule has 1 aliphatic heterocycles. The van der Waals surface area contributed by atoms with Crippen LogP contribution in [0.2, 0.25) is 5.02 Å². The van der Waals surface area contributed by atoms with Crippen LogP contribution < -0.4 is 5.32 Å². The number of nitrogens with one attached hydrogen (secondary N) is 1. The van der Waals surface area contributed by atoms with E-state index in [9.17, 15) is 9.90 Å². The molecule has 19 heavy (non-hydrogen) atoms. The van der Waals surface area contributed by atoms with E-state index < -0.39 is 11.5 Å². The molecule has 2 rings (SSSR count). The third-order valence-corrected chi connectivity index (χ3v) is 3.51. The van der Waals surface area contributed by atoms with Crippen LogP contribution in [0, 0.1) is 0 Å². The van der Waals surface area contributed by atoms with Crippen molar-refractivity contribution in [3.8, 4) is 0 Å². The summed E-state index contributed by atoms with van der Waals surface area (Å²) in [5.74, 6) is -0.702. The largest absolute Gasteiger partial charge is 0.478 e. The number of nitrogens with zero attached hydrogens (tertiary/aromatic N) is 1. The zero-order valence-electron chi connectivity index (χ0n) is 10.2. The maximum Gasteiger partial charge on any atom is 0.337 e. The number of rotatable bonds is 4. The molecule has 0 amide bonds. The predicted molar refractivity (Wildman–Crippen MR) is 69.7 cm³/mol. The van der Waals surface area contributed by atoms with Crippen molar-refractivity contribution < 1.29 is 19.7 Å². The number of hydrogen-bond donors (Lipinski definition) is 3. The van der Waals surface area contributed by atoms with E-state index in [0.717, 1.165) is 0 Å². The third kappa shape index (κ3) is 3.15. The molecule has 1 fully saturated rings. The zero-order chi connectivity index (χ0) is 13.9. The molecule has 1 aromatic rings. The summed E-state index contributed by atoms with van der Waals surface area (Å²) in [7, 11) is 0. The molecule has 0 aliphatic carbocycles. The van der Waals surface area contributed by atoms with Gasteiger partial charge in [0.15, 0.2) is 0 Å². The van der Waals surface area contributed by atoms with Crippen molar-refractivity contribution >= 4 is 23.4 Å². The van der Waals surface area contributed by atoms with Gasteiger partial charge in [0.05, 0.1) is 22.7 Å². The molecule has 0 bridgehead atoms. The Morgan fingerprint density at radius 2 is 2.21 bits per heavy atom. The molecule has 0 radical (unpaired) electrons. The van der Waals surface area contributed by atoms with E-state index >= 15 is 0 Å². The van der Waals surface area contributed by atoms with Gasteiger partial charge >= 0.3 is 5.97 Å². The van der Waals surface area contributed by atoms with Crippen LogP contribution in [-0.4, -0.2) is 46.5 Å². The number of carboxylic acids is 1. The van der Waals surface area contributed by atoms with E-state index in [2.05, 4.69) is 10.3 Å². The Labute approximate surface area is 115 Å². The van der Waals surface area contributed by atoms with E-state index in [-0.39, 0.29) is 17.2 Å². The van der Waals surface area contributed by atoms with Crippen molar-refractivity contribution in [1.82, 2.24) is 4.98 Å². The zero-order valence-corrected chi connectivity index (χ0v) is 11.0. The van der Waals surface area contributed by atoms with Gasteiger partial charge in [-0.25, -0.2) is 9.78 Å². The van der Waals surface area contributed by atoms with Crippen molar-refractivity contribution in [3.05, 3.63) is 22.8 Å². The van der Waals surface area contributed by atoms with Gasteiger partial charge in [-0.2, -0.15) is 0 Å². The average molecular weight is 287 g/mol. The molecule has 104 valence electrons. The number of hydrogen-bond acceptors (Lipinski definition) is 5. The Morgan fingerprint density at radius 3 is 2.74 bits per heavy atom. The van der Waals surface area contributed by atoms with Gasteiger partial charge in [-0.3, -0.25) is 0 Å². The summed E-state index contributed by atoms with van der Waals surface area (Å²) in [5.41, 5.74) is -0.486. The highest BCUT2D eigenvalue weighted by molar-refractivity contribution is 6.33. The van der Waals surface area contributed by atoms with E-state index in [1.807, 2.05) is 0 Å². The average Bonchev–Trinajstić information content (AvgIpc) is 2.42. The topological polar surface area (TPSA) is 91.7 Å². The number of carboxylic acid groups (broad SMARTS) is 1. The smallest absolute Gasteiger partial charge is 0.337 e. The lowest BCUT2D eigenvalue weighted by Gasteiger charge is -2.37. The minimum absolute atomic E-state index is 0.0283. The SMILES string of the molecule is O=C(O)c1cnc(NC2(CO)CCOCC2)c(Cl)c1. The van der Waals surface area contributed by atoms with Gasteiger partial charge in [-0.05, 0) is 18.9 Å². The minimum atomic E-state index is -1.08. The van der Waals surface area contributed by atoms with Crippen molar-refractivity contribution in [2.24, 2.45) is 0 Å². The van der Waals surface area contributed by atoms with Crippen LogP contribution in [0.1, 0.15) is 23.2 Å². The van der Waals surface area contributed by atoms with Crippen LogP contribution >= 0.6 is 11.6 Å². The molecular weight excluding hydrogens is 272 g/mol. The Balaban J connectivity index is 2.20. The predicted octanol–water partition coefficient (Wildman–Crippen LogP) is 1.39. The quantitative estimate of drug-likeness (QED) is 0.775. The van der Waals surface area contributed by atoms with E-state index in [1.165, 1.54) is 12.3 Å². The second-order valence-corrected chi connectivity index (χ2v) is 4.94. The number of aliphatic hydroxyl groups is 1. The first-order chi connectivity index (χ1) is 9.06. The second-order valence-electron chi connectivity index (χ2n) is 4.54. The van der Waals surface area contributed by atoms with Crippen molar-refractivity contribution in [3.63, 3.8) is 0 Å². The van der Waals surface area contributed by atoms with Gasteiger partial charge in [-0.15, -0.1) is 0 Å². The summed E-state index contributed by atoms with van der Waals surface area (Å²) in [6, 6.07) is 1.34. The van der Waals surface area contributed by atoms with Crippen LogP contribution in [0.3, 0.4) is 0 Å². The molecule has 0 unspecified atom stereocenters. The highest BCUT2D eigenvalue weighted by atomic mass is 35.5. The summed E-state index contributed by atoms with van der Waals surface area (Å²) in [6.07, 6.45) is 2.52. The molecule has 0 spiro atoms.